The predicted molar refractivity (Wildman–Crippen MR) is 106 cm³/mol. The number of aromatic nitrogens is 1. The van der Waals surface area contributed by atoms with E-state index in [1.807, 2.05) is 52.0 Å². The minimum Gasteiger partial charge on any atom is -0.449 e. The molecule has 3 rings (SSSR count). The second-order valence-electron chi connectivity index (χ2n) is 7.76. The predicted octanol–water partition coefficient (Wildman–Crippen LogP) is 3.91. The Bertz CT molecular complexity index is 865. The van der Waals surface area contributed by atoms with Gasteiger partial charge in [0.05, 0.1) is 11.1 Å². The molecule has 27 heavy (non-hydrogen) atoms. The van der Waals surface area contributed by atoms with Gasteiger partial charge >= 0.3 is 5.97 Å². The molecular formula is C22H28N2O3. The highest BCUT2D eigenvalue weighted by Crippen LogP contribution is 2.30. The van der Waals surface area contributed by atoms with Gasteiger partial charge in [0.1, 0.15) is 0 Å². The summed E-state index contributed by atoms with van der Waals surface area (Å²) in [5, 5.41) is 0.798. The van der Waals surface area contributed by atoms with Crippen LogP contribution in [-0.4, -0.2) is 39.9 Å². The molecule has 1 aromatic carbocycles. The molecule has 0 radical (unpaired) electrons. The zero-order valence-corrected chi connectivity index (χ0v) is 16.8. The normalized spacial score (nSPS) is 14.5. The second kappa shape index (κ2) is 7.67. The lowest BCUT2D eigenvalue weighted by atomic mass is 10.0. The van der Waals surface area contributed by atoms with Crippen molar-refractivity contribution >= 4 is 22.8 Å². The van der Waals surface area contributed by atoms with Crippen LogP contribution in [0.15, 0.2) is 24.3 Å². The molecule has 0 fully saturated rings. The number of amides is 1. The van der Waals surface area contributed by atoms with Crippen molar-refractivity contribution in [2.45, 2.75) is 72.1 Å². The molecule has 5 heteroatoms. The average Bonchev–Trinajstić information content (AvgIpc) is 3.06. The highest BCUT2D eigenvalue weighted by atomic mass is 16.5. The first-order chi connectivity index (χ1) is 12.8. The van der Waals surface area contributed by atoms with Gasteiger partial charge in [0, 0.05) is 23.2 Å². The summed E-state index contributed by atoms with van der Waals surface area (Å²) in [6.07, 6.45) is 1.86. The smallest absolute Gasteiger partial charge is 0.339 e. The Labute approximate surface area is 160 Å². The number of carbonyl (C=O) groups is 2. The van der Waals surface area contributed by atoms with E-state index >= 15 is 0 Å². The van der Waals surface area contributed by atoms with E-state index in [1.165, 1.54) is 0 Å². The summed E-state index contributed by atoms with van der Waals surface area (Å²) < 4.78 is 5.65. The van der Waals surface area contributed by atoms with Crippen LogP contribution in [0.25, 0.3) is 10.9 Å². The first kappa shape index (κ1) is 19.3. The van der Waals surface area contributed by atoms with Crippen molar-refractivity contribution in [3.05, 3.63) is 41.1 Å². The fourth-order valence-corrected chi connectivity index (χ4v) is 4.03. The van der Waals surface area contributed by atoms with Crippen molar-refractivity contribution in [1.82, 2.24) is 9.88 Å². The Kier molecular flexibility index (Phi) is 5.49. The number of pyridine rings is 1. The molecule has 1 aliphatic rings. The fourth-order valence-electron chi connectivity index (χ4n) is 4.03. The molecular weight excluding hydrogens is 340 g/mol. The van der Waals surface area contributed by atoms with Gasteiger partial charge in [-0.1, -0.05) is 18.2 Å². The first-order valence-corrected chi connectivity index (χ1v) is 9.75. The van der Waals surface area contributed by atoms with E-state index in [0.29, 0.717) is 5.56 Å². The minimum atomic E-state index is -0.828. The molecule has 2 aromatic rings. The molecule has 1 amide bonds. The maximum atomic E-state index is 13.1. The number of rotatable bonds is 5. The first-order valence-electron chi connectivity index (χ1n) is 9.75. The van der Waals surface area contributed by atoms with E-state index < -0.39 is 12.1 Å². The Balaban J connectivity index is 1.92. The molecule has 0 spiro atoms. The number of ether oxygens (including phenoxy) is 1. The van der Waals surface area contributed by atoms with Gasteiger partial charge in [-0.15, -0.1) is 0 Å². The summed E-state index contributed by atoms with van der Waals surface area (Å²) in [6, 6.07) is 7.73. The molecule has 0 unspecified atom stereocenters. The molecule has 0 aliphatic heterocycles. The van der Waals surface area contributed by atoms with E-state index in [0.717, 1.165) is 41.4 Å². The van der Waals surface area contributed by atoms with Gasteiger partial charge in [0.2, 0.25) is 0 Å². The molecule has 1 atom stereocenters. The van der Waals surface area contributed by atoms with Crippen molar-refractivity contribution < 1.29 is 14.3 Å². The van der Waals surface area contributed by atoms with Gasteiger partial charge in [-0.2, -0.15) is 0 Å². The van der Waals surface area contributed by atoms with Crippen LogP contribution in [0.5, 0.6) is 0 Å². The maximum absolute atomic E-state index is 13.1. The van der Waals surface area contributed by atoms with E-state index in [2.05, 4.69) is 0 Å². The number of aryl methyl sites for hydroxylation is 1. The van der Waals surface area contributed by atoms with Crippen molar-refractivity contribution in [2.75, 3.05) is 0 Å². The lowest BCUT2D eigenvalue weighted by molar-refractivity contribution is -0.143. The van der Waals surface area contributed by atoms with Gasteiger partial charge in [-0.05, 0) is 65.5 Å². The van der Waals surface area contributed by atoms with Gasteiger partial charge < -0.3 is 9.64 Å². The highest BCUT2D eigenvalue weighted by Gasteiger charge is 2.30. The lowest BCUT2D eigenvalue weighted by Crippen LogP contribution is -2.47. The van der Waals surface area contributed by atoms with E-state index in [1.54, 1.807) is 11.8 Å². The topological polar surface area (TPSA) is 59.5 Å². The van der Waals surface area contributed by atoms with Crippen molar-refractivity contribution in [3.8, 4) is 0 Å². The Morgan fingerprint density at radius 2 is 1.70 bits per heavy atom. The van der Waals surface area contributed by atoms with Crippen LogP contribution < -0.4 is 0 Å². The number of benzene rings is 1. The second-order valence-corrected chi connectivity index (χ2v) is 7.76. The number of hydrogen-bond donors (Lipinski definition) is 0. The molecule has 1 aromatic heterocycles. The van der Waals surface area contributed by atoms with Crippen molar-refractivity contribution in [3.63, 3.8) is 0 Å². The lowest BCUT2D eigenvalue weighted by Gasteiger charge is -2.32. The number of esters is 1. The van der Waals surface area contributed by atoms with Gasteiger partial charge in [-0.25, -0.2) is 4.79 Å². The van der Waals surface area contributed by atoms with Crippen LogP contribution in [0.3, 0.4) is 0 Å². The summed E-state index contributed by atoms with van der Waals surface area (Å²) >= 11 is 0. The van der Waals surface area contributed by atoms with Crippen molar-refractivity contribution in [1.29, 1.82) is 0 Å². The number of nitrogens with zero attached hydrogens (tertiary/aromatic N) is 2. The molecule has 1 aliphatic carbocycles. The molecule has 0 saturated heterocycles. The Morgan fingerprint density at radius 1 is 1.04 bits per heavy atom. The molecule has 0 bridgehead atoms. The van der Waals surface area contributed by atoms with Crippen LogP contribution >= 0.6 is 0 Å². The van der Waals surface area contributed by atoms with Crippen LogP contribution in [0.1, 0.15) is 62.7 Å². The third-order valence-corrected chi connectivity index (χ3v) is 5.12. The standard InChI is InChI=1S/C22H28N2O3/c1-13(2)24(14(3)4)21(25)15(5)27-22(26)20-16-9-6-7-11-18(16)23-19-12-8-10-17(19)20/h6-7,9,11,13-15H,8,10,12H2,1-5H3/t15-/m0/s1. The van der Waals surface area contributed by atoms with Gasteiger partial charge in [0.25, 0.3) is 5.91 Å². The third-order valence-electron chi connectivity index (χ3n) is 5.12. The largest absolute Gasteiger partial charge is 0.449 e. The minimum absolute atomic E-state index is 0.0460. The number of para-hydroxylation sites is 1. The number of hydrogen-bond acceptors (Lipinski definition) is 4. The fraction of sp³-hybridized carbons (Fsp3) is 0.500. The summed E-state index contributed by atoms with van der Waals surface area (Å²) in [5.74, 6) is -0.594. The van der Waals surface area contributed by atoms with Gasteiger partial charge in [0.15, 0.2) is 6.10 Å². The number of carbonyl (C=O) groups excluding carboxylic acids is 2. The van der Waals surface area contributed by atoms with Crippen LogP contribution in [0, 0.1) is 0 Å². The average molecular weight is 368 g/mol. The van der Waals surface area contributed by atoms with E-state index in [-0.39, 0.29) is 18.0 Å². The molecule has 5 nitrogen and oxygen atoms in total. The summed E-state index contributed by atoms with van der Waals surface area (Å²) in [7, 11) is 0. The van der Waals surface area contributed by atoms with Crippen LogP contribution in [0.2, 0.25) is 0 Å². The molecule has 1 heterocycles. The summed E-state index contributed by atoms with van der Waals surface area (Å²) in [5.41, 5.74) is 3.33. The highest BCUT2D eigenvalue weighted by molar-refractivity contribution is 6.06. The maximum Gasteiger partial charge on any atom is 0.339 e. The van der Waals surface area contributed by atoms with Crippen molar-refractivity contribution in [2.24, 2.45) is 0 Å². The molecule has 0 N–H and O–H groups in total. The zero-order chi connectivity index (χ0) is 19.7. The molecule has 144 valence electrons. The Morgan fingerprint density at radius 3 is 2.37 bits per heavy atom. The summed E-state index contributed by atoms with van der Waals surface area (Å²) in [4.78, 5) is 32.4. The monoisotopic (exact) mass is 368 g/mol. The molecule has 0 saturated carbocycles. The SMILES string of the molecule is CC(C)N(C(=O)[C@H](C)OC(=O)c1c2c(nc3ccccc13)CCC2)C(C)C. The Hall–Kier alpha value is -2.43. The summed E-state index contributed by atoms with van der Waals surface area (Å²) in [6.45, 7) is 9.53. The third kappa shape index (κ3) is 3.68. The van der Waals surface area contributed by atoms with Crippen LogP contribution in [-0.2, 0) is 22.4 Å². The van der Waals surface area contributed by atoms with E-state index in [9.17, 15) is 9.59 Å². The van der Waals surface area contributed by atoms with E-state index in [4.69, 9.17) is 9.72 Å². The number of fused-ring (bicyclic) bond motifs is 2. The van der Waals surface area contributed by atoms with Gasteiger partial charge in [-0.3, -0.25) is 9.78 Å². The van der Waals surface area contributed by atoms with Crippen LogP contribution in [0.4, 0.5) is 0 Å². The quantitative estimate of drug-likeness (QED) is 0.751. The zero-order valence-electron chi connectivity index (χ0n) is 16.8.